The fourth-order valence-electron chi connectivity index (χ4n) is 2.17. The molecule has 1 aliphatic rings. The highest BCUT2D eigenvalue weighted by atomic mass is 19.1. The third-order valence-electron chi connectivity index (χ3n) is 3.16. The summed E-state index contributed by atoms with van der Waals surface area (Å²) in [4.78, 5) is 2.15. The molecule has 0 unspecified atom stereocenters. The number of hydrogen-bond donors (Lipinski definition) is 1. The molecule has 1 heterocycles. The van der Waals surface area contributed by atoms with Gasteiger partial charge >= 0.3 is 0 Å². The van der Waals surface area contributed by atoms with Crippen molar-refractivity contribution < 1.29 is 4.39 Å². The molecule has 0 radical (unpaired) electrons. The first-order chi connectivity index (χ1) is 8.35. The SMILES string of the molecule is N#Cc1ccc([C@@H](CF)N2CCNCC2)cc1. The van der Waals surface area contributed by atoms with Crippen molar-refractivity contribution in [3.8, 4) is 6.07 Å². The normalized spacial score (nSPS) is 18.6. The molecule has 0 amide bonds. The summed E-state index contributed by atoms with van der Waals surface area (Å²) in [6.07, 6.45) is 0. The van der Waals surface area contributed by atoms with Gasteiger partial charge in [-0.1, -0.05) is 12.1 Å². The lowest BCUT2D eigenvalue weighted by atomic mass is 10.0. The Labute approximate surface area is 101 Å². The molecular weight excluding hydrogens is 217 g/mol. The lowest BCUT2D eigenvalue weighted by Gasteiger charge is -2.33. The summed E-state index contributed by atoms with van der Waals surface area (Å²) in [6, 6.07) is 9.10. The van der Waals surface area contributed by atoms with Gasteiger partial charge in [0.2, 0.25) is 0 Å². The van der Waals surface area contributed by atoms with Crippen molar-refractivity contribution >= 4 is 0 Å². The van der Waals surface area contributed by atoms with E-state index in [1.54, 1.807) is 12.1 Å². The van der Waals surface area contributed by atoms with Gasteiger partial charge in [-0.05, 0) is 17.7 Å². The number of nitrogens with zero attached hydrogens (tertiary/aromatic N) is 2. The van der Waals surface area contributed by atoms with Gasteiger partial charge < -0.3 is 5.32 Å². The van der Waals surface area contributed by atoms with Crippen molar-refractivity contribution in [1.82, 2.24) is 10.2 Å². The molecule has 1 aromatic rings. The van der Waals surface area contributed by atoms with Gasteiger partial charge in [0, 0.05) is 26.2 Å². The molecule has 0 saturated carbocycles. The first-order valence-electron chi connectivity index (χ1n) is 5.86. The maximum absolute atomic E-state index is 13.2. The molecule has 2 rings (SSSR count). The molecule has 1 atom stereocenters. The quantitative estimate of drug-likeness (QED) is 0.859. The first kappa shape index (κ1) is 12.0. The van der Waals surface area contributed by atoms with Crippen LogP contribution in [0.5, 0.6) is 0 Å². The average molecular weight is 233 g/mol. The molecule has 1 N–H and O–H groups in total. The van der Waals surface area contributed by atoms with Gasteiger partial charge in [0.25, 0.3) is 0 Å². The Kier molecular flexibility index (Phi) is 4.08. The van der Waals surface area contributed by atoms with Crippen LogP contribution < -0.4 is 5.32 Å². The number of nitrogens with one attached hydrogen (secondary N) is 1. The minimum atomic E-state index is -0.383. The van der Waals surface area contributed by atoms with Crippen LogP contribution in [0, 0.1) is 11.3 Å². The Morgan fingerprint density at radius 2 is 1.94 bits per heavy atom. The molecule has 3 nitrogen and oxygen atoms in total. The number of piperazine rings is 1. The van der Waals surface area contributed by atoms with Gasteiger partial charge in [-0.15, -0.1) is 0 Å². The van der Waals surface area contributed by atoms with E-state index in [0.717, 1.165) is 31.7 Å². The maximum atomic E-state index is 13.2. The summed E-state index contributed by atoms with van der Waals surface area (Å²) in [5.41, 5.74) is 1.57. The smallest absolute Gasteiger partial charge is 0.109 e. The molecule has 1 fully saturated rings. The zero-order valence-electron chi connectivity index (χ0n) is 9.69. The summed E-state index contributed by atoms with van der Waals surface area (Å²) < 4.78 is 13.2. The van der Waals surface area contributed by atoms with Crippen LogP contribution >= 0.6 is 0 Å². The number of halogens is 1. The van der Waals surface area contributed by atoms with Gasteiger partial charge in [-0.25, -0.2) is 4.39 Å². The molecule has 4 heteroatoms. The predicted octanol–water partition coefficient (Wildman–Crippen LogP) is 1.47. The van der Waals surface area contributed by atoms with Crippen molar-refractivity contribution in [2.24, 2.45) is 0 Å². The fraction of sp³-hybridized carbons (Fsp3) is 0.462. The van der Waals surface area contributed by atoms with Crippen molar-refractivity contribution in [2.75, 3.05) is 32.9 Å². The maximum Gasteiger partial charge on any atom is 0.109 e. The van der Waals surface area contributed by atoms with Crippen LogP contribution in [0.3, 0.4) is 0 Å². The van der Waals surface area contributed by atoms with E-state index in [-0.39, 0.29) is 12.7 Å². The standard InChI is InChI=1S/C13H16FN3/c14-9-13(17-7-5-16-6-8-17)12-3-1-11(10-15)2-4-12/h1-4,13,16H,5-9H2/t13-/m1/s1. The van der Waals surface area contributed by atoms with Crippen LogP contribution in [-0.2, 0) is 0 Å². The van der Waals surface area contributed by atoms with Crippen molar-refractivity contribution in [1.29, 1.82) is 5.26 Å². The highest BCUT2D eigenvalue weighted by Gasteiger charge is 2.21. The van der Waals surface area contributed by atoms with E-state index in [9.17, 15) is 4.39 Å². The second-order valence-electron chi connectivity index (χ2n) is 4.19. The number of hydrogen-bond acceptors (Lipinski definition) is 3. The molecule has 1 aromatic carbocycles. The number of alkyl halides is 1. The minimum Gasteiger partial charge on any atom is -0.314 e. The van der Waals surface area contributed by atoms with E-state index < -0.39 is 0 Å². The lowest BCUT2D eigenvalue weighted by Crippen LogP contribution is -2.45. The van der Waals surface area contributed by atoms with Crippen molar-refractivity contribution in [2.45, 2.75) is 6.04 Å². The van der Waals surface area contributed by atoms with Crippen molar-refractivity contribution in [3.63, 3.8) is 0 Å². The Balaban J connectivity index is 2.13. The zero-order chi connectivity index (χ0) is 12.1. The highest BCUT2D eigenvalue weighted by Crippen LogP contribution is 2.22. The van der Waals surface area contributed by atoms with Crippen LogP contribution in [0.4, 0.5) is 4.39 Å². The van der Waals surface area contributed by atoms with E-state index >= 15 is 0 Å². The molecular formula is C13H16FN3. The Hall–Kier alpha value is -1.44. The van der Waals surface area contributed by atoms with Gasteiger partial charge in [0.05, 0.1) is 17.7 Å². The van der Waals surface area contributed by atoms with Crippen LogP contribution in [0.25, 0.3) is 0 Å². The Bertz CT molecular complexity index is 390. The number of nitriles is 1. The molecule has 1 aliphatic heterocycles. The second kappa shape index (κ2) is 5.76. The van der Waals surface area contributed by atoms with Gasteiger partial charge in [-0.3, -0.25) is 4.90 Å². The monoisotopic (exact) mass is 233 g/mol. The van der Waals surface area contributed by atoms with E-state index in [1.807, 2.05) is 12.1 Å². The fourth-order valence-corrected chi connectivity index (χ4v) is 2.17. The van der Waals surface area contributed by atoms with Gasteiger partial charge in [-0.2, -0.15) is 5.26 Å². The van der Waals surface area contributed by atoms with E-state index in [4.69, 9.17) is 5.26 Å². The number of benzene rings is 1. The van der Waals surface area contributed by atoms with Gasteiger partial charge in [0.1, 0.15) is 6.67 Å². The summed E-state index contributed by atoms with van der Waals surface area (Å²) in [5.74, 6) is 0. The number of rotatable bonds is 3. The van der Waals surface area contributed by atoms with Crippen molar-refractivity contribution in [3.05, 3.63) is 35.4 Å². The third-order valence-corrected chi connectivity index (χ3v) is 3.16. The molecule has 0 aliphatic carbocycles. The molecule has 0 bridgehead atoms. The molecule has 0 aromatic heterocycles. The molecule has 1 saturated heterocycles. The van der Waals surface area contributed by atoms with Crippen LogP contribution in [0.15, 0.2) is 24.3 Å². The largest absolute Gasteiger partial charge is 0.314 e. The summed E-state index contributed by atoms with van der Waals surface area (Å²) in [6.45, 7) is 3.18. The summed E-state index contributed by atoms with van der Waals surface area (Å²) >= 11 is 0. The highest BCUT2D eigenvalue weighted by molar-refractivity contribution is 5.33. The summed E-state index contributed by atoms with van der Waals surface area (Å²) in [7, 11) is 0. The molecule has 17 heavy (non-hydrogen) atoms. The Morgan fingerprint density at radius 3 is 2.47 bits per heavy atom. The Morgan fingerprint density at radius 1 is 1.29 bits per heavy atom. The minimum absolute atomic E-state index is 0.176. The van der Waals surface area contributed by atoms with E-state index in [1.165, 1.54) is 0 Å². The first-order valence-corrected chi connectivity index (χ1v) is 5.86. The van der Waals surface area contributed by atoms with E-state index in [0.29, 0.717) is 5.56 Å². The van der Waals surface area contributed by atoms with E-state index in [2.05, 4.69) is 16.3 Å². The molecule has 90 valence electrons. The molecule has 0 spiro atoms. The summed E-state index contributed by atoms with van der Waals surface area (Å²) in [5, 5.41) is 12.0. The third kappa shape index (κ3) is 2.82. The predicted molar refractivity (Wildman–Crippen MR) is 64.3 cm³/mol. The second-order valence-corrected chi connectivity index (χ2v) is 4.19. The zero-order valence-corrected chi connectivity index (χ0v) is 9.69. The van der Waals surface area contributed by atoms with Crippen LogP contribution in [0.1, 0.15) is 17.2 Å². The van der Waals surface area contributed by atoms with Gasteiger partial charge in [0.15, 0.2) is 0 Å². The topological polar surface area (TPSA) is 39.1 Å². The average Bonchev–Trinajstić information content (AvgIpc) is 2.42. The lowest BCUT2D eigenvalue weighted by molar-refractivity contribution is 0.147. The van der Waals surface area contributed by atoms with Crippen LogP contribution in [-0.4, -0.2) is 37.8 Å². The van der Waals surface area contributed by atoms with Crippen LogP contribution in [0.2, 0.25) is 0 Å².